The minimum atomic E-state index is 0.272. The summed E-state index contributed by atoms with van der Waals surface area (Å²) in [7, 11) is 0. The number of anilines is 1. The molecule has 0 bridgehead atoms. The van der Waals surface area contributed by atoms with Crippen molar-refractivity contribution in [2.24, 2.45) is 0 Å². The average molecular weight is 191 g/mol. The van der Waals surface area contributed by atoms with E-state index in [2.05, 4.69) is 36.1 Å². The summed E-state index contributed by atoms with van der Waals surface area (Å²) in [5.41, 5.74) is 2.53. The lowest BCUT2D eigenvalue weighted by Gasteiger charge is -2.25. The zero-order valence-corrected chi connectivity index (χ0v) is 8.61. The summed E-state index contributed by atoms with van der Waals surface area (Å²) in [6, 6.07) is 8.87. The van der Waals surface area contributed by atoms with Gasteiger partial charge in [0.2, 0.25) is 0 Å². The van der Waals surface area contributed by atoms with Crippen molar-refractivity contribution in [1.29, 1.82) is 0 Å². The maximum absolute atomic E-state index is 9.21. The van der Waals surface area contributed by atoms with Crippen LogP contribution in [0.15, 0.2) is 24.3 Å². The smallest absolute Gasteiger partial charge is 0.0635 e. The molecule has 14 heavy (non-hydrogen) atoms. The molecule has 2 heteroatoms. The first kappa shape index (κ1) is 9.53. The highest BCUT2D eigenvalue weighted by atomic mass is 16.3. The van der Waals surface area contributed by atoms with Crippen molar-refractivity contribution in [3.8, 4) is 0 Å². The third-order valence-electron chi connectivity index (χ3n) is 2.95. The Morgan fingerprint density at radius 1 is 1.36 bits per heavy atom. The lowest BCUT2D eigenvalue weighted by molar-refractivity contribution is 0.266. The van der Waals surface area contributed by atoms with Gasteiger partial charge in [0.1, 0.15) is 0 Å². The molecule has 1 saturated heterocycles. The number of benzene rings is 1. The van der Waals surface area contributed by atoms with E-state index in [0.717, 1.165) is 13.0 Å². The number of hydrogen-bond donors (Lipinski definition) is 1. The molecule has 1 aromatic carbocycles. The van der Waals surface area contributed by atoms with Crippen LogP contribution < -0.4 is 4.90 Å². The molecule has 0 aromatic heterocycles. The molecule has 0 saturated carbocycles. The van der Waals surface area contributed by atoms with Crippen LogP contribution in [0.3, 0.4) is 0 Å². The van der Waals surface area contributed by atoms with Crippen LogP contribution in [0.25, 0.3) is 0 Å². The van der Waals surface area contributed by atoms with E-state index in [-0.39, 0.29) is 6.61 Å². The molecule has 0 aliphatic carbocycles. The average Bonchev–Trinajstić information content (AvgIpc) is 2.67. The van der Waals surface area contributed by atoms with E-state index < -0.39 is 0 Å². The summed E-state index contributed by atoms with van der Waals surface area (Å²) in [5.74, 6) is 0. The molecule has 2 nitrogen and oxygen atoms in total. The maximum Gasteiger partial charge on any atom is 0.0635 e. The molecule has 1 fully saturated rings. The molecule has 1 heterocycles. The Hall–Kier alpha value is -1.02. The first-order valence-electron chi connectivity index (χ1n) is 5.25. The number of nitrogens with zero attached hydrogens (tertiary/aromatic N) is 1. The van der Waals surface area contributed by atoms with Gasteiger partial charge in [0.05, 0.1) is 12.6 Å². The van der Waals surface area contributed by atoms with Crippen LogP contribution in [0.2, 0.25) is 0 Å². The van der Waals surface area contributed by atoms with Gasteiger partial charge in [-0.25, -0.2) is 0 Å². The quantitative estimate of drug-likeness (QED) is 0.772. The standard InChI is InChI=1S/C12H17NO/c1-10-4-6-11(7-5-10)13-8-2-3-12(13)9-14/h4-7,12,14H,2-3,8-9H2,1H3/t12-/m1/s1. The third-order valence-corrected chi connectivity index (χ3v) is 2.95. The van der Waals surface area contributed by atoms with E-state index in [1.165, 1.54) is 17.7 Å². The second-order valence-corrected chi connectivity index (χ2v) is 4.01. The van der Waals surface area contributed by atoms with E-state index in [0.29, 0.717) is 6.04 Å². The molecule has 2 rings (SSSR count). The second-order valence-electron chi connectivity index (χ2n) is 4.01. The van der Waals surface area contributed by atoms with E-state index in [1.54, 1.807) is 0 Å². The van der Waals surface area contributed by atoms with Gasteiger partial charge in [-0.05, 0) is 31.9 Å². The molecule has 1 atom stereocenters. The summed E-state index contributed by atoms with van der Waals surface area (Å²) in [4.78, 5) is 2.30. The van der Waals surface area contributed by atoms with Crippen LogP contribution in [-0.2, 0) is 0 Å². The van der Waals surface area contributed by atoms with Gasteiger partial charge >= 0.3 is 0 Å². The van der Waals surface area contributed by atoms with Gasteiger partial charge in [-0.1, -0.05) is 17.7 Å². The van der Waals surface area contributed by atoms with Crippen LogP contribution in [0.5, 0.6) is 0 Å². The van der Waals surface area contributed by atoms with Crippen LogP contribution in [0.1, 0.15) is 18.4 Å². The summed E-state index contributed by atoms with van der Waals surface area (Å²) in [6.07, 6.45) is 2.31. The largest absolute Gasteiger partial charge is 0.394 e. The van der Waals surface area contributed by atoms with Gasteiger partial charge in [-0.15, -0.1) is 0 Å². The molecule has 1 aliphatic heterocycles. The molecule has 0 spiro atoms. The Labute approximate surface area is 85.2 Å². The maximum atomic E-state index is 9.21. The number of hydrogen-bond acceptors (Lipinski definition) is 2. The van der Waals surface area contributed by atoms with Crippen molar-refractivity contribution < 1.29 is 5.11 Å². The first-order chi connectivity index (χ1) is 6.81. The Morgan fingerprint density at radius 2 is 2.07 bits per heavy atom. The van der Waals surface area contributed by atoms with Gasteiger partial charge in [-0.3, -0.25) is 0 Å². The predicted molar refractivity (Wildman–Crippen MR) is 58.6 cm³/mol. The molecular formula is C12H17NO. The van der Waals surface area contributed by atoms with Crippen molar-refractivity contribution >= 4 is 5.69 Å². The molecule has 76 valence electrons. The second kappa shape index (κ2) is 4.01. The molecule has 0 amide bonds. The minimum absolute atomic E-state index is 0.272. The molecule has 1 aromatic rings. The van der Waals surface area contributed by atoms with Crippen LogP contribution in [0.4, 0.5) is 5.69 Å². The summed E-state index contributed by atoms with van der Waals surface area (Å²) < 4.78 is 0. The van der Waals surface area contributed by atoms with Gasteiger partial charge in [0, 0.05) is 12.2 Å². The molecule has 1 aliphatic rings. The van der Waals surface area contributed by atoms with Crippen molar-refractivity contribution in [2.75, 3.05) is 18.1 Å². The van der Waals surface area contributed by atoms with Gasteiger partial charge < -0.3 is 10.0 Å². The van der Waals surface area contributed by atoms with Crippen LogP contribution >= 0.6 is 0 Å². The van der Waals surface area contributed by atoms with Crippen molar-refractivity contribution in [1.82, 2.24) is 0 Å². The fourth-order valence-electron chi connectivity index (χ4n) is 2.10. The molecular weight excluding hydrogens is 174 g/mol. The van der Waals surface area contributed by atoms with E-state index in [4.69, 9.17) is 0 Å². The fourth-order valence-corrected chi connectivity index (χ4v) is 2.10. The number of rotatable bonds is 2. The Balaban J connectivity index is 2.17. The lowest BCUT2D eigenvalue weighted by atomic mass is 10.2. The Bertz CT molecular complexity index is 294. The van der Waals surface area contributed by atoms with E-state index in [9.17, 15) is 5.11 Å². The summed E-state index contributed by atoms with van der Waals surface area (Å²) in [6.45, 7) is 3.44. The first-order valence-corrected chi connectivity index (χ1v) is 5.25. The fraction of sp³-hybridized carbons (Fsp3) is 0.500. The highest BCUT2D eigenvalue weighted by Crippen LogP contribution is 2.25. The summed E-state index contributed by atoms with van der Waals surface area (Å²) in [5, 5.41) is 9.21. The summed E-state index contributed by atoms with van der Waals surface area (Å²) >= 11 is 0. The number of aliphatic hydroxyl groups is 1. The van der Waals surface area contributed by atoms with Gasteiger partial charge in [-0.2, -0.15) is 0 Å². The van der Waals surface area contributed by atoms with Crippen molar-refractivity contribution in [2.45, 2.75) is 25.8 Å². The van der Waals surface area contributed by atoms with Gasteiger partial charge in [0.25, 0.3) is 0 Å². The molecule has 0 unspecified atom stereocenters. The van der Waals surface area contributed by atoms with E-state index >= 15 is 0 Å². The highest BCUT2D eigenvalue weighted by Gasteiger charge is 2.23. The normalized spacial score (nSPS) is 21.6. The Morgan fingerprint density at radius 3 is 2.71 bits per heavy atom. The van der Waals surface area contributed by atoms with Crippen LogP contribution in [-0.4, -0.2) is 24.3 Å². The van der Waals surface area contributed by atoms with Crippen LogP contribution in [0, 0.1) is 6.92 Å². The van der Waals surface area contributed by atoms with Crippen molar-refractivity contribution in [3.63, 3.8) is 0 Å². The topological polar surface area (TPSA) is 23.5 Å². The lowest BCUT2D eigenvalue weighted by Crippen LogP contribution is -2.31. The predicted octanol–water partition coefficient (Wildman–Crippen LogP) is 1.96. The molecule has 1 N–H and O–H groups in total. The zero-order valence-electron chi connectivity index (χ0n) is 8.61. The van der Waals surface area contributed by atoms with Gasteiger partial charge in [0.15, 0.2) is 0 Å². The SMILES string of the molecule is Cc1ccc(N2CCC[C@@H]2CO)cc1. The number of aryl methyl sites for hydroxylation is 1. The monoisotopic (exact) mass is 191 g/mol. The number of aliphatic hydroxyl groups excluding tert-OH is 1. The minimum Gasteiger partial charge on any atom is -0.394 e. The highest BCUT2D eigenvalue weighted by molar-refractivity contribution is 5.49. The third kappa shape index (κ3) is 1.75. The molecule has 0 radical (unpaired) electrons. The Kier molecular flexibility index (Phi) is 2.73. The van der Waals surface area contributed by atoms with E-state index in [1.807, 2.05) is 0 Å². The zero-order chi connectivity index (χ0) is 9.97. The van der Waals surface area contributed by atoms with Crippen molar-refractivity contribution in [3.05, 3.63) is 29.8 Å².